The van der Waals surface area contributed by atoms with Gasteiger partial charge in [0.2, 0.25) is 0 Å². The van der Waals surface area contributed by atoms with E-state index < -0.39 is 0 Å². The average molecular weight is 530 g/mol. The standard InChI is InChI=1S/C8H8N2.C8H15N.C7H6N2S2.3C2H6/c1-7-6-8-4-2-3-5-10(8)9-7;1-6(2)8(5)9-7(3)4;1-5-8-4-7(10-5)6-2-3-9-11-6;3*1-2/h2-6H,1H3;6H,3H2,1-2,4-5H3;2-4H,1H3;3*1-2H3. The number of allylic oxidation sites excluding steroid dienone is 1. The van der Waals surface area contributed by atoms with E-state index in [0.29, 0.717) is 5.92 Å². The molecule has 0 spiro atoms. The van der Waals surface area contributed by atoms with Crippen molar-refractivity contribution in [2.24, 2.45) is 10.9 Å². The van der Waals surface area contributed by atoms with Crippen molar-refractivity contribution >= 4 is 34.1 Å². The van der Waals surface area contributed by atoms with Gasteiger partial charge in [0.15, 0.2) is 0 Å². The Labute approximate surface area is 228 Å². The third-order valence-corrected chi connectivity index (χ3v) is 5.85. The van der Waals surface area contributed by atoms with Crippen molar-refractivity contribution < 1.29 is 0 Å². The highest BCUT2D eigenvalue weighted by molar-refractivity contribution is 7.19. The fourth-order valence-electron chi connectivity index (χ4n) is 2.31. The SMILES string of the molecule is C=C(C)N=C(C)C(C)C.CC.CC.CC.Cc1cc2ccccn2n1.Cc1ncc(-c2ccns2)s1. The minimum atomic E-state index is 0.543. The van der Waals surface area contributed by atoms with Gasteiger partial charge in [0.25, 0.3) is 0 Å². The first-order valence-corrected chi connectivity index (χ1v) is 14.3. The van der Waals surface area contributed by atoms with Gasteiger partial charge in [-0.1, -0.05) is 68.0 Å². The van der Waals surface area contributed by atoms with Gasteiger partial charge in [-0.2, -0.15) is 5.10 Å². The van der Waals surface area contributed by atoms with Gasteiger partial charge in [-0.3, -0.25) is 4.99 Å². The van der Waals surface area contributed by atoms with E-state index in [2.05, 4.69) is 45.9 Å². The number of hydrogen-bond acceptors (Lipinski definition) is 6. The van der Waals surface area contributed by atoms with Crippen LogP contribution in [0.5, 0.6) is 0 Å². The topological polar surface area (TPSA) is 55.4 Å². The molecule has 7 heteroatoms. The molecule has 0 radical (unpaired) electrons. The lowest BCUT2D eigenvalue weighted by molar-refractivity contribution is 0.875. The fourth-order valence-corrected chi connectivity index (χ4v) is 3.75. The normalized spacial score (nSPS) is 9.64. The molecule has 4 rings (SSSR count). The lowest BCUT2D eigenvalue weighted by Crippen LogP contribution is -2.00. The molecule has 0 saturated carbocycles. The Bertz CT molecular complexity index is 1060. The Morgan fingerprint density at radius 3 is 2.03 bits per heavy atom. The lowest BCUT2D eigenvalue weighted by Gasteiger charge is -2.01. The minimum absolute atomic E-state index is 0.543. The molecule has 4 heterocycles. The second-order valence-electron chi connectivity index (χ2n) is 7.12. The lowest BCUT2D eigenvalue weighted by atomic mass is 10.1. The van der Waals surface area contributed by atoms with Crippen molar-refractivity contribution in [2.75, 3.05) is 0 Å². The van der Waals surface area contributed by atoms with E-state index in [1.807, 2.05) is 117 Å². The quantitative estimate of drug-likeness (QED) is 0.248. The summed E-state index contributed by atoms with van der Waals surface area (Å²) in [6.45, 7) is 27.9. The molecule has 0 atom stereocenters. The minimum Gasteiger partial charge on any atom is -0.263 e. The third-order valence-electron chi connectivity index (χ3n) is 4.00. The number of thiazole rings is 1. The van der Waals surface area contributed by atoms with Crippen LogP contribution in [0.3, 0.4) is 0 Å². The molecule has 0 aliphatic heterocycles. The van der Waals surface area contributed by atoms with E-state index in [1.54, 1.807) is 11.3 Å². The fraction of sp³-hybridized carbons (Fsp3) is 0.448. The molecule has 200 valence electrons. The van der Waals surface area contributed by atoms with Gasteiger partial charge in [0, 0.05) is 30.0 Å². The maximum atomic E-state index is 4.23. The predicted octanol–water partition coefficient (Wildman–Crippen LogP) is 9.93. The first-order valence-electron chi connectivity index (χ1n) is 12.7. The summed E-state index contributed by atoms with van der Waals surface area (Å²) in [7, 11) is 0. The largest absolute Gasteiger partial charge is 0.263 e. The van der Waals surface area contributed by atoms with Crippen LogP contribution in [-0.2, 0) is 0 Å². The molecule has 4 aromatic rings. The van der Waals surface area contributed by atoms with Crippen LogP contribution >= 0.6 is 22.9 Å². The number of hydrogen-bond donors (Lipinski definition) is 0. The maximum Gasteiger partial charge on any atom is 0.0900 e. The van der Waals surface area contributed by atoms with Crippen LogP contribution in [0, 0.1) is 19.8 Å². The number of aliphatic imine (C=N–C) groups is 1. The summed E-state index contributed by atoms with van der Waals surface area (Å²) in [5.41, 5.74) is 4.26. The van der Waals surface area contributed by atoms with Gasteiger partial charge < -0.3 is 0 Å². The summed E-state index contributed by atoms with van der Waals surface area (Å²) >= 11 is 3.21. The van der Waals surface area contributed by atoms with E-state index in [4.69, 9.17) is 0 Å². The Balaban J connectivity index is 0. The van der Waals surface area contributed by atoms with Gasteiger partial charge in [0.1, 0.15) is 0 Å². The summed E-state index contributed by atoms with van der Waals surface area (Å²) in [5.74, 6) is 0.543. The molecule has 36 heavy (non-hydrogen) atoms. The predicted molar refractivity (Wildman–Crippen MR) is 165 cm³/mol. The Morgan fingerprint density at radius 2 is 1.61 bits per heavy atom. The van der Waals surface area contributed by atoms with Crippen molar-refractivity contribution in [1.82, 2.24) is 19.0 Å². The molecule has 0 aliphatic carbocycles. The summed E-state index contributed by atoms with van der Waals surface area (Å²) in [6.07, 6.45) is 5.66. The van der Waals surface area contributed by atoms with Crippen LogP contribution < -0.4 is 0 Å². The molecule has 0 aliphatic rings. The van der Waals surface area contributed by atoms with E-state index >= 15 is 0 Å². The Morgan fingerprint density at radius 1 is 0.972 bits per heavy atom. The summed E-state index contributed by atoms with van der Waals surface area (Å²) < 4.78 is 5.90. The monoisotopic (exact) mass is 529 g/mol. The van der Waals surface area contributed by atoms with Crippen LogP contribution in [-0.4, -0.2) is 24.7 Å². The molecular weight excluding hydrogens is 482 g/mol. The molecular formula is C29H47N5S2. The number of fused-ring (bicyclic) bond motifs is 1. The average Bonchev–Trinajstić information content (AvgIpc) is 3.63. The van der Waals surface area contributed by atoms with E-state index in [1.165, 1.54) is 21.3 Å². The zero-order valence-corrected chi connectivity index (χ0v) is 26.1. The number of nitrogens with zero attached hydrogens (tertiary/aromatic N) is 5. The van der Waals surface area contributed by atoms with Gasteiger partial charge >= 0.3 is 0 Å². The van der Waals surface area contributed by atoms with Crippen molar-refractivity contribution in [1.29, 1.82) is 0 Å². The molecule has 0 fully saturated rings. The molecule has 0 bridgehead atoms. The number of aromatic nitrogens is 4. The van der Waals surface area contributed by atoms with Crippen molar-refractivity contribution in [3.63, 3.8) is 0 Å². The molecule has 0 amide bonds. The second kappa shape index (κ2) is 21.6. The van der Waals surface area contributed by atoms with E-state index in [0.717, 1.165) is 27.6 Å². The molecule has 4 aromatic heterocycles. The van der Waals surface area contributed by atoms with E-state index in [9.17, 15) is 0 Å². The maximum absolute atomic E-state index is 4.23. The van der Waals surface area contributed by atoms with Crippen LogP contribution in [0.1, 0.15) is 79.9 Å². The van der Waals surface area contributed by atoms with Crippen molar-refractivity contribution in [2.45, 2.75) is 83.1 Å². The van der Waals surface area contributed by atoms with E-state index in [-0.39, 0.29) is 0 Å². The molecule has 0 saturated heterocycles. The van der Waals surface area contributed by atoms with Gasteiger partial charge in [-0.15, -0.1) is 11.3 Å². The summed E-state index contributed by atoms with van der Waals surface area (Å²) in [4.78, 5) is 10.8. The van der Waals surface area contributed by atoms with Crippen molar-refractivity contribution in [3.05, 3.63) is 71.9 Å². The number of pyridine rings is 1. The molecule has 0 N–H and O–H groups in total. The van der Waals surface area contributed by atoms with Gasteiger partial charge in [-0.25, -0.2) is 13.9 Å². The molecule has 0 aromatic carbocycles. The smallest absolute Gasteiger partial charge is 0.0900 e. The molecule has 0 unspecified atom stereocenters. The van der Waals surface area contributed by atoms with Gasteiger partial charge in [-0.05, 0) is 69.4 Å². The second-order valence-corrected chi connectivity index (χ2v) is 9.19. The van der Waals surface area contributed by atoms with Crippen LogP contribution in [0.25, 0.3) is 15.3 Å². The summed E-state index contributed by atoms with van der Waals surface area (Å²) in [6, 6.07) is 10.1. The van der Waals surface area contributed by atoms with Crippen LogP contribution in [0.4, 0.5) is 0 Å². The first-order chi connectivity index (χ1) is 17.3. The highest BCUT2D eigenvalue weighted by Gasteiger charge is 2.01. The van der Waals surface area contributed by atoms with Crippen molar-refractivity contribution in [3.8, 4) is 9.75 Å². The zero-order valence-electron chi connectivity index (χ0n) is 24.5. The van der Waals surface area contributed by atoms with Crippen LogP contribution in [0.15, 0.2) is 66.2 Å². The zero-order chi connectivity index (χ0) is 28.1. The number of rotatable bonds is 3. The third kappa shape index (κ3) is 14.7. The van der Waals surface area contributed by atoms with Crippen LogP contribution in [0.2, 0.25) is 0 Å². The Hall–Kier alpha value is -2.64. The highest BCUT2D eigenvalue weighted by atomic mass is 32.1. The number of aryl methyl sites for hydroxylation is 2. The highest BCUT2D eigenvalue weighted by Crippen LogP contribution is 2.27. The first kappa shape index (κ1) is 35.5. The molecule has 5 nitrogen and oxygen atoms in total. The Kier molecular flexibility index (Phi) is 21.3. The van der Waals surface area contributed by atoms with Gasteiger partial charge in [0.05, 0.1) is 26.0 Å². The summed E-state index contributed by atoms with van der Waals surface area (Å²) in [5, 5.41) is 5.33.